The number of carbonyl (C=O) groups is 1. The van der Waals surface area contributed by atoms with Crippen LogP contribution < -0.4 is 19.5 Å². The van der Waals surface area contributed by atoms with Crippen LogP contribution in [0.5, 0.6) is 17.2 Å². The van der Waals surface area contributed by atoms with E-state index < -0.39 is 0 Å². The third-order valence-corrected chi connectivity index (χ3v) is 4.69. The zero-order chi connectivity index (χ0) is 18.7. The molecule has 0 radical (unpaired) electrons. The van der Waals surface area contributed by atoms with Crippen molar-refractivity contribution in [2.75, 3.05) is 21.3 Å². The van der Waals surface area contributed by atoms with Crippen molar-refractivity contribution in [3.05, 3.63) is 53.3 Å². The van der Waals surface area contributed by atoms with E-state index in [-0.39, 0.29) is 30.1 Å². The van der Waals surface area contributed by atoms with Crippen LogP contribution in [0.4, 0.5) is 4.39 Å². The molecule has 3 rings (SSSR count). The number of amides is 1. The number of hydrogen-bond acceptors (Lipinski definition) is 4. The molecule has 6 heteroatoms. The highest BCUT2D eigenvalue weighted by atomic mass is 19.1. The van der Waals surface area contributed by atoms with Gasteiger partial charge in [0.2, 0.25) is 5.91 Å². The minimum absolute atomic E-state index is 0.0594. The van der Waals surface area contributed by atoms with Crippen molar-refractivity contribution in [1.82, 2.24) is 5.32 Å². The number of rotatable bonds is 7. The van der Waals surface area contributed by atoms with Crippen LogP contribution in [0.3, 0.4) is 0 Å². The molecule has 0 saturated heterocycles. The SMILES string of the molecule is COc1cc(OC)c(CNC(=O)C2CC2c2ccccc2F)c(OC)c1. The molecule has 0 spiro atoms. The van der Waals surface area contributed by atoms with Gasteiger partial charge in [0, 0.05) is 18.1 Å². The maximum Gasteiger partial charge on any atom is 0.224 e. The molecule has 1 fully saturated rings. The fourth-order valence-electron chi connectivity index (χ4n) is 3.16. The molecule has 5 nitrogen and oxygen atoms in total. The van der Waals surface area contributed by atoms with Crippen LogP contribution >= 0.6 is 0 Å². The number of benzene rings is 2. The molecule has 1 N–H and O–H groups in total. The van der Waals surface area contributed by atoms with Gasteiger partial charge in [0.05, 0.1) is 33.4 Å². The van der Waals surface area contributed by atoms with E-state index in [0.29, 0.717) is 29.2 Å². The van der Waals surface area contributed by atoms with Crippen molar-refractivity contribution < 1.29 is 23.4 Å². The summed E-state index contributed by atoms with van der Waals surface area (Å²) in [5.74, 6) is 1.13. The summed E-state index contributed by atoms with van der Waals surface area (Å²) in [5.41, 5.74) is 1.33. The molecule has 2 aromatic carbocycles. The summed E-state index contributed by atoms with van der Waals surface area (Å²) in [4.78, 5) is 12.5. The summed E-state index contributed by atoms with van der Waals surface area (Å²) < 4.78 is 29.8. The van der Waals surface area contributed by atoms with E-state index in [4.69, 9.17) is 14.2 Å². The number of methoxy groups -OCH3 is 3. The molecule has 138 valence electrons. The van der Waals surface area contributed by atoms with E-state index in [1.807, 2.05) is 0 Å². The van der Waals surface area contributed by atoms with Crippen LogP contribution in [-0.4, -0.2) is 27.2 Å². The van der Waals surface area contributed by atoms with Crippen molar-refractivity contribution in [3.63, 3.8) is 0 Å². The molecule has 26 heavy (non-hydrogen) atoms. The number of hydrogen-bond donors (Lipinski definition) is 1. The highest BCUT2D eigenvalue weighted by Crippen LogP contribution is 2.48. The van der Waals surface area contributed by atoms with Gasteiger partial charge in [-0.25, -0.2) is 4.39 Å². The Bertz CT molecular complexity index is 783. The van der Waals surface area contributed by atoms with E-state index in [2.05, 4.69) is 5.32 Å². The maximum atomic E-state index is 13.9. The van der Waals surface area contributed by atoms with Gasteiger partial charge in [-0.15, -0.1) is 0 Å². The van der Waals surface area contributed by atoms with E-state index in [0.717, 1.165) is 5.56 Å². The summed E-state index contributed by atoms with van der Waals surface area (Å²) in [6, 6.07) is 10.1. The van der Waals surface area contributed by atoms with Gasteiger partial charge in [-0.1, -0.05) is 18.2 Å². The van der Waals surface area contributed by atoms with Gasteiger partial charge in [-0.2, -0.15) is 0 Å². The topological polar surface area (TPSA) is 56.8 Å². The molecule has 0 bridgehead atoms. The summed E-state index contributed by atoms with van der Waals surface area (Å²) in [6.07, 6.45) is 0.656. The van der Waals surface area contributed by atoms with Gasteiger partial charge in [0.25, 0.3) is 0 Å². The molecule has 2 unspecified atom stereocenters. The average molecular weight is 359 g/mol. The zero-order valence-corrected chi connectivity index (χ0v) is 15.0. The Balaban J connectivity index is 1.68. The molecule has 1 amide bonds. The van der Waals surface area contributed by atoms with Crippen LogP contribution in [0.25, 0.3) is 0 Å². The number of nitrogens with one attached hydrogen (secondary N) is 1. The Morgan fingerprint density at radius 1 is 1.12 bits per heavy atom. The lowest BCUT2D eigenvalue weighted by Crippen LogP contribution is -2.25. The lowest BCUT2D eigenvalue weighted by Gasteiger charge is -2.15. The number of carbonyl (C=O) groups excluding carboxylic acids is 1. The molecule has 0 aromatic heterocycles. The molecule has 0 heterocycles. The summed E-state index contributed by atoms with van der Waals surface area (Å²) >= 11 is 0. The van der Waals surface area contributed by atoms with Gasteiger partial charge < -0.3 is 19.5 Å². The Labute approximate surface area is 152 Å². The molecule has 1 aliphatic rings. The maximum absolute atomic E-state index is 13.9. The summed E-state index contributed by atoms with van der Waals surface area (Å²) in [5, 5.41) is 2.90. The molecule has 2 aromatic rings. The van der Waals surface area contributed by atoms with Crippen LogP contribution in [0.2, 0.25) is 0 Å². The third kappa shape index (κ3) is 3.59. The van der Waals surface area contributed by atoms with Gasteiger partial charge >= 0.3 is 0 Å². The minimum Gasteiger partial charge on any atom is -0.496 e. The van der Waals surface area contributed by atoms with Crippen LogP contribution in [-0.2, 0) is 11.3 Å². The minimum atomic E-state index is -0.258. The molecular weight excluding hydrogens is 337 g/mol. The third-order valence-electron chi connectivity index (χ3n) is 4.69. The lowest BCUT2D eigenvalue weighted by molar-refractivity contribution is -0.122. The van der Waals surface area contributed by atoms with E-state index in [1.165, 1.54) is 6.07 Å². The smallest absolute Gasteiger partial charge is 0.224 e. The van der Waals surface area contributed by atoms with Crippen LogP contribution in [0, 0.1) is 11.7 Å². The monoisotopic (exact) mass is 359 g/mol. The molecule has 2 atom stereocenters. The lowest BCUT2D eigenvalue weighted by atomic mass is 10.1. The molecular formula is C20H22FNO4. The first kappa shape index (κ1) is 18.0. The Hall–Kier alpha value is -2.76. The first-order chi connectivity index (χ1) is 12.6. The van der Waals surface area contributed by atoms with Crippen molar-refractivity contribution in [2.45, 2.75) is 18.9 Å². The van der Waals surface area contributed by atoms with Crippen LogP contribution in [0.15, 0.2) is 36.4 Å². The zero-order valence-electron chi connectivity index (χ0n) is 15.0. The molecule has 1 saturated carbocycles. The van der Waals surface area contributed by atoms with Crippen molar-refractivity contribution in [3.8, 4) is 17.2 Å². The fourth-order valence-corrected chi connectivity index (χ4v) is 3.16. The summed E-state index contributed by atoms with van der Waals surface area (Å²) in [7, 11) is 4.66. The van der Waals surface area contributed by atoms with Gasteiger partial charge in [0.15, 0.2) is 0 Å². The number of ether oxygens (including phenoxy) is 3. The quantitative estimate of drug-likeness (QED) is 0.824. The van der Waals surface area contributed by atoms with E-state index in [9.17, 15) is 9.18 Å². The first-order valence-corrected chi connectivity index (χ1v) is 8.40. The second-order valence-corrected chi connectivity index (χ2v) is 6.20. The average Bonchev–Trinajstić information content (AvgIpc) is 3.46. The van der Waals surface area contributed by atoms with Gasteiger partial charge in [-0.05, 0) is 24.0 Å². The standard InChI is InChI=1S/C20H22FNO4/c1-24-12-8-18(25-2)16(19(9-12)26-3)11-22-20(23)15-10-14(15)13-6-4-5-7-17(13)21/h4-9,14-15H,10-11H2,1-3H3,(H,22,23). The normalized spacial score (nSPS) is 18.2. The first-order valence-electron chi connectivity index (χ1n) is 8.40. The number of halogens is 1. The van der Waals surface area contributed by atoms with Crippen LogP contribution in [0.1, 0.15) is 23.5 Å². The Morgan fingerprint density at radius 3 is 2.35 bits per heavy atom. The predicted molar refractivity (Wildman–Crippen MR) is 95.2 cm³/mol. The van der Waals surface area contributed by atoms with Crippen molar-refractivity contribution >= 4 is 5.91 Å². The fraction of sp³-hybridized carbons (Fsp3) is 0.350. The highest BCUT2D eigenvalue weighted by Gasteiger charge is 2.45. The van der Waals surface area contributed by atoms with Crippen molar-refractivity contribution in [1.29, 1.82) is 0 Å². The van der Waals surface area contributed by atoms with Gasteiger partial charge in [0.1, 0.15) is 23.1 Å². The second-order valence-electron chi connectivity index (χ2n) is 6.20. The van der Waals surface area contributed by atoms with E-state index >= 15 is 0 Å². The van der Waals surface area contributed by atoms with Crippen molar-refractivity contribution in [2.24, 2.45) is 5.92 Å². The summed E-state index contributed by atoms with van der Waals surface area (Å²) in [6.45, 7) is 0.260. The molecule has 1 aliphatic carbocycles. The Kier molecular flexibility index (Phi) is 5.30. The molecule has 0 aliphatic heterocycles. The predicted octanol–water partition coefficient (Wildman–Crippen LogP) is 3.27. The van der Waals surface area contributed by atoms with E-state index in [1.54, 1.807) is 51.7 Å². The Morgan fingerprint density at radius 2 is 1.77 bits per heavy atom. The highest BCUT2D eigenvalue weighted by molar-refractivity contribution is 5.83. The van der Waals surface area contributed by atoms with Gasteiger partial charge in [-0.3, -0.25) is 4.79 Å². The second kappa shape index (κ2) is 7.64. The largest absolute Gasteiger partial charge is 0.496 e.